The van der Waals surface area contributed by atoms with Gasteiger partial charge in [-0.1, -0.05) is 5.21 Å². The zero-order valence-corrected chi connectivity index (χ0v) is 5.13. The summed E-state index contributed by atoms with van der Waals surface area (Å²) >= 11 is 0. The van der Waals surface area contributed by atoms with Gasteiger partial charge in [-0.15, -0.1) is 5.10 Å². The third-order valence-corrected chi connectivity index (χ3v) is 0.977. The van der Waals surface area contributed by atoms with E-state index in [0.717, 1.165) is 12.2 Å². The van der Waals surface area contributed by atoms with Crippen molar-refractivity contribution < 1.29 is 0 Å². The van der Waals surface area contributed by atoms with Crippen LogP contribution in [0, 0.1) is 6.92 Å². The van der Waals surface area contributed by atoms with E-state index in [1.165, 1.54) is 0 Å². The second-order valence-electron chi connectivity index (χ2n) is 1.72. The van der Waals surface area contributed by atoms with Gasteiger partial charge in [0.2, 0.25) is 0 Å². The first-order valence-electron chi connectivity index (χ1n) is 2.69. The fourth-order valence-electron chi connectivity index (χ4n) is 0.550. The van der Waals surface area contributed by atoms with Gasteiger partial charge in [-0.2, -0.15) is 0 Å². The van der Waals surface area contributed by atoms with E-state index in [-0.39, 0.29) is 0 Å². The van der Waals surface area contributed by atoms with Crippen LogP contribution in [0.3, 0.4) is 0 Å². The monoisotopic (exact) mass is 111 g/mol. The summed E-state index contributed by atoms with van der Waals surface area (Å²) in [5, 5.41) is 7.60. The van der Waals surface area contributed by atoms with Crippen LogP contribution in [0.15, 0.2) is 6.20 Å². The van der Waals surface area contributed by atoms with E-state index >= 15 is 0 Å². The molecule has 0 aliphatic carbocycles. The summed E-state index contributed by atoms with van der Waals surface area (Å²) in [6.45, 7) is 4.87. The van der Waals surface area contributed by atoms with Crippen molar-refractivity contribution in [3.8, 4) is 0 Å². The van der Waals surface area contributed by atoms with E-state index in [4.69, 9.17) is 0 Å². The molecule has 0 radical (unpaired) electrons. The quantitative estimate of drug-likeness (QED) is 0.531. The summed E-state index contributed by atoms with van der Waals surface area (Å²) in [7, 11) is 0. The van der Waals surface area contributed by atoms with Gasteiger partial charge in [0.15, 0.2) is 0 Å². The highest BCUT2D eigenvalue weighted by Crippen LogP contribution is 1.86. The summed E-state index contributed by atoms with van der Waals surface area (Å²) in [4.78, 5) is 0. The molecule has 0 spiro atoms. The van der Waals surface area contributed by atoms with Crippen LogP contribution < -0.4 is 0 Å². The third kappa shape index (κ3) is 0.857. The van der Waals surface area contributed by atoms with E-state index in [1.54, 1.807) is 4.68 Å². The predicted octanol–water partition coefficient (Wildman–Crippen LogP) is 0.606. The fourth-order valence-corrected chi connectivity index (χ4v) is 0.550. The lowest BCUT2D eigenvalue weighted by molar-refractivity contribution is 0.626. The van der Waals surface area contributed by atoms with Gasteiger partial charge in [0.25, 0.3) is 0 Å². The van der Waals surface area contributed by atoms with Crippen molar-refractivity contribution in [1.82, 2.24) is 15.0 Å². The van der Waals surface area contributed by atoms with Crippen molar-refractivity contribution in [2.75, 3.05) is 0 Å². The second-order valence-corrected chi connectivity index (χ2v) is 1.72. The minimum Gasteiger partial charge on any atom is -0.253 e. The molecule has 0 amide bonds. The van der Waals surface area contributed by atoms with Crippen LogP contribution in [-0.4, -0.2) is 15.0 Å². The molecule has 1 aromatic rings. The molecule has 0 saturated heterocycles. The van der Waals surface area contributed by atoms with Crippen molar-refractivity contribution in [3.05, 3.63) is 11.9 Å². The largest absolute Gasteiger partial charge is 0.253 e. The molecule has 3 nitrogen and oxygen atoms in total. The van der Waals surface area contributed by atoms with Crippen LogP contribution in [0.1, 0.15) is 12.6 Å². The van der Waals surface area contributed by atoms with Crippen LogP contribution in [0.25, 0.3) is 0 Å². The molecule has 0 saturated carbocycles. The second kappa shape index (κ2) is 1.94. The van der Waals surface area contributed by atoms with Gasteiger partial charge in [0.1, 0.15) is 0 Å². The Hall–Kier alpha value is -0.860. The average molecular weight is 111 g/mol. The summed E-state index contributed by atoms with van der Waals surface area (Å²) in [5.41, 5.74) is 0.979. The molecule has 0 aromatic carbocycles. The van der Waals surface area contributed by atoms with Crippen LogP contribution in [0.5, 0.6) is 0 Å². The zero-order valence-electron chi connectivity index (χ0n) is 5.13. The number of hydrogen-bond donors (Lipinski definition) is 0. The Morgan fingerprint density at radius 3 is 2.75 bits per heavy atom. The van der Waals surface area contributed by atoms with E-state index in [2.05, 4.69) is 10.3 Å². The van der Waals surface area contributed by atoms with Gasteiger partial charge in [-0.25, -0.2) is 0 Å². The van der Waals surface area contributed by atoms with Gasteiger partial charge in [-0.05, 0) is 13.8 Å². The molecule has 44 valence electrons. The molecule has 0 aliphatic heterocycles. The Morgan fingerprint density at radius 1 is 1.75 bits per heavy atom. The van der Waals surface area contributed by atoms with E-state index in [0.29, 0.717) is 0 Å². The SMILES string of the molecule is CCn1cc(C)nn1. The topological polar surface area (TPSA) is 30.7 Å². The van der Waals surface area contributed by atoms with Crippen molar-refractivity contribution in [1.29, 1.82) is 0 Å². The number of hydrogen-bond acceptors (Lipinski definition) is 2. The Labute approximate surface area is 48.3 Å². The first-order chi connectivity index (χ1) is 3.83. The number of rotatable bonds is 1. The number of aryl methyl sites for hydroxylation is 2. The average Bonchev–Trinajstić information content (AvgIpc) is 2.14. The minimum atomic E-state index is 0.904. The van der Waals surface area contributed by atoms with Gasteiger partial charge in [0.05, 0.1) is 5.69 Å². The van der Waals surface area contributed by atoms with Crippen LogP contribution >= 0.6 is 0 Å². The molecule has 0 unspecified atom stereocenters. The Morgan fingerprint density at radius 2 is 2.50 bits per heavy atom. The van der Waals surface area contributed by atoms with Gasteiger partial charge >= 0.3 is 0 Å². The van der Waals surface area contributed by atoms with Crippen molar-refractivity contribution >= 4 is 0 Å². The highest BCUT2D eigenvalue weighted by molar-refractivity contribution is 4.85. The summed E-state index contributed by atoms with van der Waals surface area (Å²) < 4.78 is 1.80. The normalized spacial score (nSPS) is 9.75. The Kier molecular flexibility index (Phi) is 1.28. The summed E-state index contributed by atoms with van der Waals surface area (Å²) in [6, 6.07) is 0. The molecule has 0 N–H and O–H groups in total. The molecule has 0 fully saturated rings. The molecule has 0 aliphatic rings. The maximum absolute atomic E-state index is 3.80. The van der Waals surface area contributed by atoms with Crippen LogP contribution in [-0.2, 0) is 6.54 Å². The standard InChI is InChI=1S/C5H9N3/c1-3-8-4-5(2)6-7-8/h4H,3H2,1-2H3. The Bertz CT molecular complexity index is 168. The molecule has 3 heteroatoms. The zero-order chi connectivity index (χ0) is 5.98. The third-order valence-electron chi connectivity index (χ3n) is 0.977. The maximum atomic E-state index is 3.80. The molecule has 0 atom stereocenters. The summed E-state index contributed by atoms with van der Waals surface area (Å²) in [5.74, 6) is 0. The number of aromatic nitrogens is 3. The van der Waals surface area contributed by atoms with E-state index in [1.807, 2.05) is 20.0 Å². The van der Waals surface area contributed by atoms with E-state index in [9.17, 15) is 0 Å². The molecule has 0 bridgehead atoms. The lowest BCUT2D eigenvalue weighted by atomic mass is 10.6. The number of nitrogens with zero attached hydrogens (tertiary/aromatic N) is 3. The van der Waals surface area contributed by atoms with Crippen molar-refractivity contribution in [3.63, 3.8) is 0 Å². The molecule has 1 rings (SSSR count). The molecule has 8 heavy (non-hydrogen) atoms. The highest BCUT2D eigenvalue weighted by Gasteiger charge is 1.87. The van der Waals surface area contributed by atoms with Crippen molar-refractivity contribution in [2.45, 2.75) is 20.4 Å². The van der Waals surface area contributed by atoms with Crippen LogP contribution in [0.2, 0.25) is 0 Å². The lowest BCUT2D eigenvalue weighted by Gasteiger charge is -1.85. The smallest absolute Gasteiger partial charge is 0.0796 e. The first kappa shape index (κ1) is 5.28. The first-order valence-corrected chi connectivity index (χ1v) is 2.69. The van der Waals surface area contributed by atoms with Crippen molar-refractivity contribution in [2.24, 2.45) is 0 Å². The maximum Gasteiger partial charge on any atom is 0.0796 e. The Balaban J connectivity index is 2.84. The van der Waals surface area contributed by atoms with Gasteiger partial charge in [0, 0.05) is 12.7 Å². The van der Waals surface area contributed by atoms with E-state index < -0.39 is 0 Å². The fraction of sp³-hybridized carbons (Fsp3) is 0.600. The van der Waals surface area contributed by atoms with Crippen LogP contribution in [0.4, 0.5) is 0 Å². The minimum absolute atomic E-state index is 0.904. The van der Waals surface area contributed by atoms with Gasteiger partial charge in [-0.3, -0.25) is 4.68 Å². The molecular formula is C5H9N3. The predicted molar refractivity (Wildman–Crippen MR) is 30.4 cm³/mol. The molecule has 1 aromatic heterocycles. The molecule has 1 heterocycles. The summed E-state index contributed by atoms with van der Waals surface area (Å²) in [6.07, 6.45) is 1.92. The lowest BCUT2D eigenvalue weighted by Crippen LogP contribution is -1.93. The molecular weight excluding hydrogens is 102 g/mol. The highest BCUT2D eigenvalue weighted by atomic mass is 15.4. The van der Waals surface area contributed by atoms with Gasteiger partial charge < -0.3 is 0 Å².